The average Bonchev–Trinajstić information content (AvgIpc) is 2.36. The highest BCUT2D eigenvalue weighted by Gasteiger charge is 2.09. The molecule has 0 bridgehead atoms. The van der Waals surface area contributed by atoms with Crippen LogP contribution in [0.25, 0.3) is 0 Å². The molecule has 0 aromatic heterocycles. The Morgan fingerprint density at radius 1 is 1.22 bits per heavy atom. The number of benzene rings is 1. The number of primary amides is 1. The van der Waals surface area contributed by atoms with Gasteiger partial charge in [0.05, 0.1) is 19.9 Å². The zero-order valence-electron chi connectivity index (χ0n) is 10.4. The molecule has 0 spiro atoms. The van der Waals surface area contributed by atoms with Crippen molar-refractivity contribution in [2.45, 2.75) is 12.8 Å². The summed E-state index contributed by atoms with van der Waals surface area (Å²) in [5.74, 6) is 0.313. The Morgan fingerprint density at radius 2 is 1.94 bits per heavy atom. The summed E-state index contributed by atoms with van der Waals surface area (Å²) >= 11 is 0. The average molecular weight is 252 g/mol. The van der Waals surface area contributed by atoms with E-state index in [-0.39, 0.29) is 18.7 Å². The number of carbonyl (C=O) groups is 2. The zero-order chi connectivity index (χ0) is 13.5. The molecule has 0 aliphatic heterocycles. The number of rotatable bonds is 6. The summed E-state index contributed by atoms with van der Waals surface area (Å²) in [5.41, 5.74) is 5.49. The highest BCUT2D eigenvalue weighted by atomic mass is 16.5. The number of amides is 2. The lowest BCUT2D eigenvalue weighted by Crippen LogP contribution is -2.17. The van der Waals surface area contributed by atoms with Crippen molar-refractivity contribution < 1.29 is 19.1 Å². The quantitative estimate of drug-likeness (QED) is 0.787. The molecular formula is C12H16N2O4. The first-order valence-electron chi connectivity index (χ1n) is 5.37. The number of hydrogen-bond acceptors (Lipinski definition) is 4. The van der Waals surface area contributed by atoms with E-state index in [0.29, 0.717) is 17.2 Å². The summed E-state index contributed by atoms with van der Waals surface area (Å²) in [7, 11) is 3.04. The molecular weight excluding hydrogens is 236 g/mol. The number of methoxy groups -OCH3 is 2. The Bertz CT molecular complexity index is 446. The topological polar surface area (TPSA) is 90.6 Å². The van der Waals surface area contributed by atoms with E-state index in [9.17, 15) is 9.59 Å². The first-order valence-corrected chi connectivity index (χ1v) is 5.37. The van der Waals surface area contributed by atoms with Crippen LogP contribution >= 0.6 is 0 Å². The van der Waals surface area contributed by atoms with Gasteiger partial charge in [-0.2, -0.15) is 0 Å². The molecule has 0 radical (unpaired) electrons. The van der Waals surface area contributed by atoms with Crippen LogP contribution in [0.2, 0.25) is 0 Å². The maximum absolute atomic E-state index is 11.5. The molecule has 6 nitrogen and oxygen atoms in total. The molecule has 0 aliphatic carbocycles. The smallest absolute Gasteiger partial charge is 0.224 e. The molecule has 0 unspecified atom stereocenters. The lowest BCUT2D eigenvalue weighted by atomic mass is 10.2. The largest absolute Gasteiger partial charge is 0.497 e. The molecule has 3 N–H and O–H groups in total. The predicted octanol–water partition coefficient (Wildman–Crippen LogP) is 0.908. The van der Waals surface area contributed by atoms with E-state index in [1.54, 1.807) is 25.3 Å². The van der Waals surface area contributed by atoms with Crippen molar-refractivity contribution in [1.29, 1.82) is 0 Å². The van der Waals surface area contributed by atoms with Crippen molar-refractivity contribution in [3.63, 3.8) is 0 Å². The summed E-state index contributed by atoms with van der Waals surface area (Å²) < 4.78 is 10.2. The normalized spacial score (nSPS) is 9.67. The Morgan fingerprint density at radius 3 is 2.50 bits per heavy atom. The van der Waals surface area contributed by atoms with E-state index in [0.717, 1.165) is 0 Å². The van der Waals surface area contributed by atoms with E-state index in [4.69, 9.17) is 15.2 Å². The van der Waals surface area contributed by atoms with Crippen molar-refractivity contribution in [2.75, 3.05) is 19.5 Å². The van der Waals surface area contributed by atoms with Gasteiger partial charge in [0, 0.05) is 18.9 Å². The Hall–Kier alpha value is -2.24. The molecule has 1 rings (SSSR count). The second-order valence-corrected chi connectivity index (χ2v) is 3.58. The summed E-state index contributed by atoms with van der Waals surface area (Å²) in [6, 6.07) is 5.02. The number of carbonyl (C=O) groups excluding carboxylic acids is 2. The van der Waals surface area contributed by atoms with Gasteiger partial charge in [-0.3, -0.25) is 9.59 Å². The highest BCUT2D eigenvalue weighted by molar-refractivity contribution is 5.94. The molecule has 1 aromatic carbocycles. The van der Waals surface area contributed by atoms with Gasteiger partial charge in [0.15, 0.2) is 0 Å². The fourth-order valence-corrected chi connectivity index (χ4v) is 1.35. The van der Waals surface area contributed by atoms with Crippen molar-refractivity contribution in [3.05, 3.63) is 18.2 Å². The number of anilines is 1. The summed E-state index contributed by atoms with van der Waals surface area (Å²) in [5, 5.41) is 2.64. The minimum absolute atomic E-state index is 0.0182. The van der Waals surface area contributed by atoms with Gasteiger partial charge >= 0.3 is 0 Å². The lowest BCUT2D eigenvalue weighted by Gasteiger charge is -2.11. The van der Waals surface area contributed by atoms with Crippen molar-refractivity contribution in [3.8, 4) is 11.5 Å². The monoisotopic (exact) mass is 252 g/mol. The SMILES string of the molecule is COc1ccc(NC(=O)CCC(N)=O)c(OC)c1. The van der Waals surface area contributed by atoms with Crippen LogP contribution in [0.5, 0.6) is 11.5 Å². The fraction of sp³-hybridized carbons (Fsp3) is 0.333. The fourth-order valence-electron chi connectivity index (χ4n) is 1.35. The zero-order valence-corrected chi connectivity index (χ0v) is 10.4. The first kappa shape index (κ1) is 13.8. The standard InChI is InChI=1S/C12H16N2O4/c1-17-8-3-4-9(10(7-8)18-2)14-12(16)6-5-11(13)15/h3-4,7H,5-6H2,1-2H3,(H2,13,15)(H,14,16). The number of hydrogen-bond donors (Lipinski definition) is 2. The van der Waals surface area contributed by atoms with Crippen LogP contribution in [0.4, 0.5) is 5.69 Å². The Kier molecular flexibility index (Phi) is 4.98. The van der Waals surface area contributed by atoms with Crippen LogP contribution in [0, 0.1) is 0 Å². The molecule has 0 fully saturated rings. The van der Waals surface area contributed by atoms with Crippen LogP contribution in [-0.4, -0.2) is 26.0 Å². The molecule has 6 heteroatoms. The van der Waals surface area contributed by atoms with Crippen LogP contribution in [-0.2, 0) is 9.59 Å². The lowest BCUT2D eigenvalue weighted by molar-refractivity contribution is -0.122. The van der Waals surface area contributed by atoms with Crippen LogP contribution in [0.15, 0.2) is 18.2 Å². The maximum Gasteiger partial charge on any atom is 0.224 e. The second kappa shape index (κ2) is 6.48. The third-order valence-corrected chi connectivity index (χ3v) is 2.28. The second-order valence-electron chi connectivity index (χ2n) is 3.58. The maximum atomic E-state index is 11.5. The Balaban J connectivity index is 2.71. The molecule has 0 saturated heterocycles. The van der Waals surface area contributed by atoms with Gasteiger partial charge in [0.2, 0.25) is 11.8 Å². The van der Waals surface area contributed by atoms with Gasteiger partial charge in [0.1, 0.15) is 11.5 Å². The van der Waals surface area contributed by atoms with E-state index in [2.05, 4.69) is 5.32 Å². The molecule has 2 amide bonds. The van der Waals surface area contributed by atoms with Gasteiger partial charge < -0.3 is 20.5 Å². The van der Waals surface area contributed by atoms with E-state index in [1.165, 1.54) is 7.11 Å². The molecule has 0 saturated carbocycles. The van der Waals surface area contributed by atoms with Gasteiger partial charge in [0.25, 0.3) is 0 Å². The molecule has 18 heavy (non-hydrogen) atoms. The molecule has 0 aliphatic rings. The third-order valence-electron chi connectivity index (χ3n) is 2.28. The predicted molar refractivity (Wildman–Crippen MR) is 66.6 cm³/mol. The third kappa shape index (κ3) is 3.97. The van der Waals surface area contributed by atoms with Gasteiger partial charge in [-0.15, -0.1) is 0 Å². The van der Waals surface area contributed by atoms with E-state index < -0.39 is 5.91 Å². The van der Waals surface area contributed by atoms with Crippen LogP contribution < -0.4 is 20.5 Å². The summed E-state index contributed by atoms with van der Waals surface area (Å²) in [6.07, 6.45) is 0.0643. The van der Waals surface area contributed by atoms with Gasteiger partial charge in [-0.05, 0) is 12.1 Å². The van der Waals surface area contributed by atoms with Gasteiger partial charge in [-0.25, -0.2) is 0 Å². The summed E-state index contributed by atoms with van der Waals surface area (Å²) in [6.45, 7) is 0. The van der Waals surface area contributed by atoms with Crippen molar-refractivity contribution in [2.24, 2.45) is 5.73 Å². The minimum atomic E-state index is -0.508. The van der Waals surface area contributed by atoms with E-state index in [1.807, 2.05) is 0 Å². The molecule has 1 aromatic rings. The molecule has 98 valence electrons. The first-order chi connectivity index (χ1) is 8.56. The van der Waals surface area contributed by atoms with Crippen molar-refractivity contribution in [1.82, 2.24) is 0 Å². The minimum Gasteiger partial charge on any atom is -0.497 e. The number of nitrogens with two attached hydrogens (primary N) is 1. The molecule has 0 atom stereocenters. The Labute approximate surface area is 105 Å². The van der Waals surface area contributed by atoms with E-state index >= 15 is 0 Å². The van der Waals surface area contributed by atoms with Gasteiger partial charge in [-0.1, -0.05) is 0 Å². The molecule has 0 heterocycles. The van der Waals surface area contributed by atoms with Crippen LogP contribution in [0.3, 0.4) is 0 Å². The summed E-state index contributed by atoms with van der Waals surface area (Å²) in [4.78, 5) is 22.1. The van der Waals surface area contributed by atoms with Crippen LogP contribution in [0.1, 0.15) is 12.8 Å². The number of nitrogens with one attached hydrogen (secondary N) is 1. The number of ether oxygens (including phenoxy) is 2. The van der Waals surface area contributed by atoms with Crippen molar-refractivity contribution >= 4 is 17.5 Å². The highest BCUT2D eigenvalue weighted by Crippen LogP contribution is 2.29.